The second-order valence-electron chi connectivity index (χ2n) is 7.30. The maximum absolute atomic E-state index is 12.2. The van der Waals surface area contributed by atoms with Crippen LogP contribution >= 0.6 is 0 Å². The van der Waals surface area contributed by atoms with Crippen molar-refractivity contribution in [3.63, 3.8) is 0 Å². The third-order valence-electron chi connectivity index (χ3n) is 5.05. The summed E-state index contributed by atoms with van der Waals surface area (Å²) in [6.45, 7) is 5.66. The Kier molecular flexibility index (Phi) is 7.37. The highest BCUT2D eigenvalue weighted by atomic mass is 16.5. The lowest BCUT2D eigenvalue weighted by molar-refractivity contribution is -0.155. The third-order valence-corrected chi connectivity index (χ3v) is 5.05. The highest BCUT2D eigenvalue weighted by molar-refractivity contribution is 5.97. The molecule has 142 valence electrons. The predicted molar refractivity (Wildman–Crippen MR) is 99.9 cm³/mol. The van der Waals surface area contributed by atoms with Crippen molar-refractivity contribution < 1.29 is 19.1 Å². The Morgan fingerprint density at radius 1 is 1.12 bits per heavy atom. The maximum atomic E-state index is 12.2. The molecule has 2 rings (SSSR count). The molecule has 3 atom stereocenters. The van der Waals surface area contributed by atoms with Crippen molar-refractivity contribution in [2.75, 3.05) is 0 Å². The van der Waals surface area contributed by atoms with Crippen LogP contribution in [-0.4, -0.2) is 29.8 Å². The van der Waals surface area contributed by atoms with Crippen LogP contribution in [0.5, 0.6) is 0 Å². The van der Waals surface area contributed by atoms with Crippen molar-refractivity contribution in [1.82, 2.24) is 5.32 Å². The molecule has 0 unspecified atom stereocenters. The summed E-state index contributed by atoms with van der Waals surface area (Å²) < 4.78 is 5.19. The van der Waals surface area contributed by atoms with Crippen molar-refractivity contribution in [2.45, 2.75) is 71.4 Å². The molecule has 1 aromatic rings. The van der Waals surface area contributed by atoms with E-state index in [-0.39, 0.29) is 30.6 Å². The zero-order chi connectivity index (χ0) is 19.1. The van der Waals surface area contributed by atoms with Gasteiger partial charge in [-0.3, -0.25) is 14.4 Å². The lowest BCUT2D eigenvalue weighted by Crippen LogP contribution is -2.46. The average molecular weight is 359 g/mol. The van der Waals surface area contributed by atoms with Gasteiger partial charge in [0, 0.05) is 18.0 Å². The van der Waals surface area contributed by atoms with Crippen molar-refractivity contribution in [1.29, 1.82) is 0 Å². The van der Waals surface area contributed by atoms with Gasteiger partial charge in [-0.05, 0) is 32.6 Å². The number of aryl methyl sites for hydroxylation is 1. The normalized spacial score (nSPS) is 20.9. The molecule has 5 nitrogen and oxygen atoms in total. The van der Waals surface area contributed by atoms with E-state index >= 15 is 0 Å². The maximum Gasteiger partial charge on any atom is 0.307 e. The molecule has 1 amide bonds. The van der Waals surface area contributed by atoms with Gasteiger partial charge in [-0.1, -0.05) is 49.6 Å². The van der Waals surface area contributed by atoms with Gasteiger partial charge < -0.3 is 10.1 Å². The van der Waals surface area contributed by atoms with Crippen LogP contribution in [0.25, 0.3) is 0 Å². The van der Waals surface area contributed by atoms with Crippen LogP contribution in [0, 0.1) is 12.8 Å². The standard InChI is InChI=1S/C21H29NO4/c1-14-8-10-17(11-9-14)19(23)12-13-20(24)26-16(3)21(25)22-18-7-5-4-6-15(18)2/h8-11,15-16,18H,4-7,12-13H2,1-3H3,(H,22,25)/t15-,16+,18-/m0/s1. The van der Waals surface area contributed by atoms with E-state index in [4.69, 9.17) is 4.74 Å². The number of amides is 1. The van der Waals surface area contributed by atoms with Gasteiger partial charge in [0.15, 0.2) is 11.9 Å². The molecule has 1 aliphatic rings. The van der Waals surface area contributed by atoms with Crippen molar-refractivity contribution >= 4 is 17.7 Å². The Hall–Kier alpha value is -2.17. The molecule has 0 aliphatic heterocycles. The fourth-order valence-electron chi connectivity index (χ4n) is 3.24. The van der Waals surface area contributed by atoms with Gasteiger partial charge in [0.05, 0.1) is 6.42 Å². The van der Waals surface area contributed by atoms with Crippen molar-refractivity contribution in [2.24, 2.45) is 5.92 Å². The quantitative estimate of drug-likeness (QED) is 0.596. The van der Waals surface area contributed by atoms with Gasteiger partial charge in [-0.2, -0.15) is 0 Å². The number of carbonyl (C=O) groups excluding carboxylic acids is 3. The summed E-state index contributed by atoms with van der Waals surface area (Å²) in [7, 11) is 0. The third kappa shape index (κ3) is 5.97. The first-order valence-corrected chi connectivity index (χ1v) is 9.46. The monoisotopic (exact) mass is 359 g/mol. The van der Waals surface area contributed by atoms with Crippen LogP contribution in [0.4, 0.5) is 0 Å². The Morgan fingerprint density at radius 2 is 1.77 bits per heavy atom. The molecule has 26 heavy (non-hydrogen) atoms. The SMILES string of the molecule is Cc1ccc(C(=O)CCC(=O)O[C@H](C)C(=O)N[C@H]2CCCC[C@@H]2C)cc1. The smallest absolute Gasteiger partial charge is 0.307 e. The molecule has 1 aromatic carbocycles. The lowest BCUT2D eigenvalue weighted by Gasteiger charge is -2.30. The van der Waals surface area contributed by atoms with Gasteiger partial charge in [0.2, 0.25) is 0 Å². The highest BCUT2D eigenvalue weighted by Gasteiger charge is 2.26. The number of hydrogen-bond acceptors (Lipinski definition) is 4. The molecule has 0 spiro atoms. The summed E-state index contributed by atoms with van der Waals surface area (Å²) in [5.74, 6) is -0.440. The number of Topliss-reactive ketones (excluding diaryl/α,β-unsaturated/α-hetero) is 1. The molecule has 0 saturated heterocycles. The average Bonchev–Trinajstić information content (AvgIpc) is 2.62. The van der Waals surface area contributed by atoms with Crippen LogP contribution < -0.4 is 5.32 Å². The second kappa shape index (κ2) is 9.51. The molecule has 1 N–H and O–H groups in total. The first kappa shape index (κ1) is 20.1. The zero-order valence-corrected chi connectivity index (χ0v) is 15.9. The van der Waals surface area contributed by atoms with Gasteiger partial charge in [-0.25, -0.2) is 0 Å². The second-order valence-corrected chi connectivity index (χ2v) is 7.30. The molecule has 0 heterocycles. The first-order chi connectivity index (χ1) is 12.4. The summed E-state index contributed by atoms with van der Waals surface area (Å²) in [5, 5.41) is 2.99. The minimum Gasteiger partial charge on any atom is -0.453 e. The van der Waals surface area contributed by atoms with E-state index in [2.05, 4.69) is 12.2 Å². The lowest BCUT2D eigenvalue weighted by atomic mass is 9.86. The number of ether oxygens (including phenoxy) is 1. The summed E-state index contributed by atoms with van der Waals surface area (Å²) in [6, 6.07) is 7.39. The Bertz CT molecular complexity index is 638. The fourth-order valence-corrected chi connectivity index (χ4v) is 3.24. The van der Waals surface area contributed by atoms with E-state index in [0.29, 0.717) is 11.5 Å². The van der Waals surface area contributed by atoms with Crippen molar-refractivity contribution in [3.8, 4) is 0 Å². The van der Waals surface area contributed by atoms with Crippen LogP contribution in [-0.2, 0) is 14.3 Å². The predicted octanol–water partition coefficient (Wildman–Crippen LogP) is 3.58. The topological polar surface area (TPSA) is 72.5 Å². The van der Waals surface area contributed by atoms with E-state index in [1.807, 2.05) is 19.1 Å². The summed E-state index contributed by atoms with van der Waals surface area (Å²) >= 11 is 0. The Labute approximate surface area is 155 Å². The summed E-state index contributed by atoms with van der Waals surface area (Å²) in [6.07, 6.45) is 3.61. The number of rotatable bonds is 7. The van der Waals surface area contributed by atoms with Crippen LogP contribution in [0.1, 0.15) is 68.3 Å². The van der Waals surface area contributed by atoms with Gasteiger partial charge in [0.1, 0.15) is 0 Å². The largest absolute Gasteiger partial charge is 0.453 e. The summed E-state index contributed by atoms with van der Waals surface area (Å²) in [5.41, 5.74) is 1.66. The van der Waals surface area contributed by atoms with E-state index in [0.717, 1.165) is 24.8 Å². The summed E-state index contributed by atoms with van der Waals surface area (Å²) in [4.78, 5) is 36.3. The number of nitrogens with one attached hydrogen (secondary N) is 1. The first-order valence-electron chi connectivity index (χ1n) is 9.46. The number of hydrogen-bond donors (Lipinski definition) is 1. The Morgan fingerprint density at radius 3 is 2.42 bits per heavy atom. The molecule has 5 heteroatoms. The molecule has 0 bridgehead atoms. The van der Waals surface area contributed by atoms with E-state index < -0.39 is 12.1 Å². The van der Waals surface area contributed by atoms with Crippen LogP contribution in [0.2, 0.25) is 0 Å². The zero-order valence-electron chi connectivity index (χ0n) is 15.9. The number of carbonyl (C=O) groups is 3. The molecule has 0 radical (unpaired) electrons. The molecular weight excluding hydrogens is 330 g/mol. The molecule has 1 fully saturated rings. The minimum absolute atomic E-state index is 0.0236. The highest BCUT2D eigenvalue weighted by Crippen LogP contribution is 2.23. The van der Waals surface area contributed by atoms with Crippen LogP contribution in [0.15, 0.2) is 24.3 Å². The molecular formula is C21H29NO4. The van der Waals surface area contributed by atoms with E-state index in [1.165, 1.54) is 6.42 Å². The Balaban J connectivity index is 1.74. The van der Waals surface area contributed by atoms with Gasteiger partial charge in [0.25, 0.3) is 5.91 Å². The van der Waals surface area contributed by atoms with Crippen LogP contribution in [0.3, 0.4) is 0 Å². The van der Waals surface area contributed by atoms with Gasteiger partial charge in [-0.15, -0.1) is 0 Å². The molecule has 1 saturated carbocycles. The number of benzene rings is 1. The van der Waals surface area contributed by atoms with Gasteiger partial charge >= 0.3 is 5.97 Å². The number of esters is 1. The van der Waals surface area contributed by atoms with E-state index in [1.54, 1.807) is 19.1 Å². The minimum atomic E-state index is -0.842. The van der Waals surface area contributed by atoms with Crippen molar-refractivity contribution in [3.05, 3.63) is 35.4 Å². The van der Waals surface area contributed by atoms with E-state index in [9.17, 15) is 14.4 Å². The fraction of sp³-hybridized carbons (Fsp3) is 0.571. The molecule has 1 aliphatic carbocycles. The number of ketones is 1. The molecule has 0 aromatic heterocycles.